The van der Waals surface area contributed by atoms with Crippen molar-refractivity contribution in [3.63, 3.8) is 0 Å². The van der Waals surface area contributed by atoms with Gasteiger partial charge in [0.15, 0.2) is 0 Å². The first-order chi connectivity index (χ1) is 17.5. The number of β-amino-alcohol motifs (C(OH)–C–C–N with tert-alkyl or cyclic N) is 1. The molecule has 0 spiro atoms. The van der Waals surface area contributed by atoms with Crippen LogP contribution in [0.4, 0.5) is 13.2 Å². The van der Waals surface area contributed by atoms with E-state index in [1.807, 2.05) is 18.4 Å². The molecular weight excluding hydrogens is 485 g/mol. The Balaban J connectivity index is 1.44. The number of hydrogen-bond donors (Lipinski definition) is 1. The fourth-order valence-corrected chi connectivity index (χ4v) is 4.71. The molecule has 10 heteroatoms. The van der Waals surface area contributed by atoms with E-state index in [0.29, 0.717) is 41.1 Å². The van der Waals surface area contributed by atoms with Crippen LogP contribution in [0.2, 0.25) is 0 Å². The van der Waals surface area contributed by atoms with Crippen LogP contribution in [-0.4, -0.2) is 49.9 Å². The van der Waals surface area contributed by atoms with Crippen molar-refractivity contribution in [1.29, 1.82) is 0 Å². The molecule has 0 radical (unpaired) electrons. The van der Waals surface area contributed by atoms with Gasteiger partial charge in [-0.1, -0.05) is 19.9 Å². The van der Waals surface area contributed by atoms with Gasteiger partial charge >= 0.3 is 6.36 Å². The van der Waals surface area contributed by atoms with Crippen LogP contribution < -0.4 is 4.74 Å². The van der Waals surface area contributed by atoms with Gasteiger partial charge in [-0.3, -0.25) is 14.3 Å². The number of likely N-dealkylation sites (tertiary alicyclic amines) is 1. The minimum absolute atomic E-state index is 0.00530. The third kappa shape index (κ3) is 4.89. The lowest BCUT2D eigenvalue weighted by Gasteiger charge is -2.23. The minimum atomic E-state index is -4.77. The Hall–Kier alpha value is -3.92. The summed E-state index contributed by atoms with van der Waals surface area (Å²) in [6, 6.07) is 14.3. The molecule has 1 fully saturated rings. The van der Waals surface area contributed by atoms with Gasteiger partial charge in [-0.15, -0.1) is 13.2 Å². The SMILES string of the molecule is CC(C)c1nc2cc(C(=O)N3CCC(O)(c4cccnc4)C3)ccc2n1-c1ccc(OC(F)(F)F)cc1. The van der Waals surface area contributed by atoms with Crippen molar-refractivity contribution in [3.8, 4) is 11.4 Å². The summed E-state index contributed by atoms with van der Waals surface area (Å²) < 4.78 is 43.5. The number of carbonyl (C=O) groups is 1. The number of alkyl halides is 3. The van der Waals surface area contributed by atoms with Gasteiger partial charge in [-0.25, -0.2) is 4.98 Å². The molecule has 1 atom stereocenters. The van der Waals surface area contributed by atoms with Crippen LogP contribution in [0.5, 0.6) is 5.75 Å². The maximum absolute atomic E-state index is 13.3. The molecule has 192 valence electrons. The first-order valence-electron chi connectivity index (χ1n) is 11.8. The Morgan fingerprint density at radius 3 is 2.54 bits per heavy atom. The van der Waals surface area contributed by atoms with Crippen LogP contribution in [0.25, 0.3) is 16.7 Å². The maximum atomic E-state index is 13.3. The minimum Gasteiger partial charge on any atom is -0.406 e. The highest BCUT2D eigenvalue weighted by atomic mass is 19.4. The summed E-state index contributed by atoms with van der Waals surface area (Å²) in [7, 11) is 0. The molecule has 1 saturated heterocycles. The quantitative estimate of drug-likeness (QED) is 0.400. The van der Waals surface area contributed by atoms with Crippen molar-refractivity contribution in [2.24, 2.45) is 0 Å². The number of hydrogen-bond acceptors (Lipinski definition) is 5. The normalized spacial score (nSPS) is 18.1. The lowest BCUT2D eigenvalue weighted by molar-refractivity contribution is -0.274. The van der Waals surface area contributed by atoms with Crippen LogP contribution in [0.15, 0.2) is 67.0 Å². The average molecular weight is 511 g/mol. The molecule has 0 bridgehead atoms. The zero-order chi connectivity index (χ0) is 26.4. The van der Waals surface area contributed by atoms with Crippen LogP contribution in [0, 0.1) is 0 Å². The summed E-state index contributed by atoms with van der Waals surface area (Å²) >= 11 is 0. The van der Waals surface area contributed by atoms with Crippen molar-refractivity contribution >= 4 is 16.9 Å². The predicted molar refractivity (Wildman–Crippen MR) is 130 cm³/mol. The first-order valence-corrected chi connectivity index (χ1v) is 11.8. The van der Waals surface area contributed by atoms with Crippen LogP contribution >= 0.6 is 0 Å². The van der Waals surface area contributed by atoms with Crippen molar-refractivity contribution in [2.45, 2.75) is 38.1 Å². The second kappa shape index (κ2) is 9.19. The lowest BCUT2D eigenvalue weighted by Crippen LogP contribution is -2.34. The van der Waals surface area contributed by atoms with Gasteiger partial charge in [0.1, 0.15) is 17.2 Å². The molecule has 2 aromatic carbocycles. The topological polar surface area (TPSA) is 80.5 Å². The summed E-state index contributed by atoms with van der Waals surface area (Å²) in [5, 5.41) is 11.1. The monoisotopic (exact) mass is 510 g/mol. The summed E-state index contributed by atoms with van der Waals surface area (Å²) in [4.78, 5) is 23.7. The Labute approximate surface area is 211 Å². The average Bonchev–Trinajstić information content (AvgIpc) is 3.45. The molecule has 1 aliphatic rings. The number of nitrogens with zero attached hydrogens (tertiary/aromatic N) is 4. The molecule has 1 aliphatic heterocycles. The predicted octanol–water partition coefficient (Wildman–Crippen LogP) is 5.18. The second-order valence-corrected chi connectivity index (χ2v) is 9.46. The van der Waals surface area contributed by atoms with E-state index in [0.717, 1.165) is 5.52 Å². The fraction of sp³-hybridized carbons (Fsp3) is 0.296. The van der Waals surface area contributed by atoms with Crippen LogP contribution in [0.1, 0.15) is 47.9 Å². The van der Waals surface area contributed by atoms with Crippen LogP contribution in [-0.2, 0) is 5.60 Å². The molecule has 0 saturated carbocycles. The summed E-state index contributed by atoms with van der Waals surface area (Å²) in [6.07, 6.45) is -1.11. The third-order valence-corrected chi connectivity index (χ3v) is 6.51. The van der Waals surface area contributed by atoms with Gasteiger partial charge in [-0.2, -0.15) is 0 Å². The lowest BCUT2D eigenvalue weighted by atomic mass is 9.95. The summed E-state index contributed by atoms with van der Waals surface area (Å²) in [5.41, 5.74) is 1.90. The number of carbonyl (C=O) groups excluding carboxylic acids is 1. The third-order valence-electron chi connectivity index (χ3n) is 6.51. The van der Waals surface area contributed by atoms with E-state index in [2.05, 4.69) is 9.72 Å². The number of rotatable bonds is 5. The van der Waals surface area contributed by atoms with E-state index in [-0.39, 0.29) is 24.1 Å². The molecule has 37 heavy (non-hydrogen) atoms. The van der Waals surface area contributed by atoms with E-state index in [4.69, 9.17) is 4.98 Å². The van der Waals surface area contributed by atoms with Gasteiger partial charge < -0.3 is 14.7 Å². The Morgan fingerprint density at radius 1 is 1.14 bits per heavy atom. The number of aliphatic hydroxyl groups is 1. The molecule has 7 nitrogen and oxygen atoms in total. The van der Waals surface area contributed by atoms with Gasteiger partial charge in [-0.05, 0) is 55.0 Å². The van der Waals surface area contributed by atoms with E-state index >= 15 is 0 Å². The van der Waals surface area contributed by atoms with E-state index < -0.39 is 12.0 Å². The standard InChI is InChI=1S/C27H25F3N4O3/c1-17(2)24-32-22-14-18(25(35)33-13-11-26(36,16-33)19-4-3-12-31-15-19)5-10-23(22)34(24)20-6-8-21(9-7-20)37-27(28,29)30/h3-10,12,14-15,17,36H,11,13,16H2,1-2H3. The number of ether oxygens (including phenoxy) is 1. The molecule has 1 N–H and O–H groups in total. The van der Waals surface area contributed by atoms with E-state index in [1.165, 1.54) is 24.3 Å². The molecule has 0 aliphatic carbocycles. The highest BCUT2D eigenvalue weighted by Gasteiger charge is 2.40. The maximum Gasteiger partial charge on any atom is 0.573 e. The smallest absolute Gasteiger partial charge is 0.406 e. The Morgan fingerprint density at radius 2 is 1.89 bits per heavy atom. The van der Waals surface area contributed by atoms with Gasteiger partial charge in [0.25, 0.3) is 5.91 Å². The van der Waals surface area contributed by atoms with Gasteiger partial charge in [0.2, 0.25) is 0 Å². The molecule has 2 aromatic heterocycles. The van der Waals surface area contributed by atoms with E-state index in [1.54, 1.807) is 47.6 Å². The number of halogens is 3. The van der Waals surface area contributed by atoms with E-state index in [9.17, 15) is 23.1 Å². The van der Waals surface area contributed by atoms with Crippen molar-refractivity contribution in [2.75, 3.05) is 13.1 Å². The number of pyridine rings is 1. The molecule has 3 heterocycles. The first kappa shape index (κ1) is 24.8. The zero-order valence-electron chi connectivity index (χ0n) is 20.2. The molecule has 5 rings (SSSR count). The van der Waals surface area contributed by atoms with Crippen molar-refractivity contribution < 1.29 is 27.8 Å². The molecule has 1 unspecified atom stereocenters. The number of imidazole rings is 1. The highest BCUT2D eigenvalue weighted by molar-refractivity contribution is 5.98. The number of aromatic nitrogens is 3. The van der Waals surface area contributed by atoms with Gasteiger partial charge in [0, 0.05) is 41.7 Å². The van der Waals surface area contributed by atoms with Crippen molar-refractivity contribution in [1.82, 2.24) is 19.4 Å². The number of benzene rings is 2. The highest BCUT2D eigenvalue weighted by Crippen LogP contribution is 2.33. The fourth-order valence-electron chi connectivity index (χ4n) is 4.71. The zero-order valence-corrected chi connectivity index (χ0v) is 20.2. The molecule has 4 aromatic rings. The van der Waals surface area contributed by atoms with Crippen LogP contribution in [0.3, 0.4) is 0 Å². The number of fused-ring (bicyclic) bond motifs is 1. The molecular formula is C27H25F3N4O3. The Kier molecular flexibility index (Phi) is 6.15. The summed E-state index contributed by atoms with van der Waals surface area (Å²) in [5.74, 6) is 0.189. The largest absolute Gasteiger partial charge is 0.573 e. The van der Waals surface area contributed by atoms with Crippen molar-refractivity contribution in [3.05, 3.63) is 83.9 Å². The Bertz CT molecular complexity index is 1440. The van der Waals surface area contributed by atoms with Gasteiger partial charge in [0.05, 0.1) is 17.6 Å². The number of amides is 1. The summed E-state index contributed by atoms with van der Waals surface area (Å²) in [6.45, 7) is 4.50. The molecule has 1 amide bonds. The second-order valence-electron chi connectivity index (χ2n) is 9.46.